The number of esters is 2. The molecule has 1 aliphatic carbocycles. The topological polar surface area (TPSA) is 52.6 Å². The summed E-state index contributed by atoms with van der Waals surface area (Å²) in [4.78, 5) is 22.7. The van der Waals surface area contributed by atoms with Gasteiger partial charge in [-0.05, 0) is 6.92 Å². The van der Waals surface area contributed by atoms with E-state index in [4.69, 9.17) is 4.74 Å². The smallest absolute Gasteiger partial charge is 0.323 e. The molecule has 0 aliphatic heterocycles. The average molecular weight is 204 g/mol. The van der Waals surface area contributed by atoms with Gasteiger partial charge in [0.05, 0.1) is 13.7 Å². The van der Waals surface area contributed by atoms with Gasteiger partial charge < -0.3 is 9.47 Å². The highest BCUT2D eigenvalue weighted by Gasteiger charge is 2.58. The molecule has 5 heteroatoms. The van der Waals surface area contributed by atoms with E-state index in [1.165, 1.54) is 7.11 Å². The fourth-order valence-electron chi connectivity index (χ4n) is 1.58. The van der Waals surface area contributed by atoms with Gasteiger partial charge in [-0.15, -0.1) is 0 Å². The fraction of sp³-hybridized carbons (Fsp3) is 0.778. The summed E-state index contributed by atoms with van der Waals surface area (Å²) in [5.74, 6) is -1.38. The minimum absolute atomic E-state index is 0.126. The number of carbonyl (C=O) groups excluding carboxylic acids is 2. The lowest BCUT2D eigenvalue weighted by Crippen LogP contribution is -2.52. The number of halogens is 1. The molecule has 0 unspecified atom stereocenters. The summed E-state index contributed by atoms with van der Waals surface area (Å²) in [7, 11) is 1.18. The molecule has 0 radical (unpaired) electrons. The molecule has 1 fully saturated rings. The monoisotopic (exact) mass is 204 g/mol. The van der Waals surface area contributed by atoms with Crippen LogP contribution in [-0.2, 0) is 19.1 Å². The molecule has 0 aromatic carbocycles. The van der Waals surface area contributed by atoms with Crippen molar-refractivity contribution >= 4 is 11.9 Å². The van der Waals surface area contributed by atoms with Crippen molar-refractivity contribution in [2.45, 2.75) is 25.9 Å². The largest absolute Gasteiger partial charge is 0.468 e. The van der Waals surface area contributed by atoms with Crippen molar-refractivity contribution in [1.82, 2.24) is 0 Å². The predicted octanol–water partition coefficient (Wildman–Crippen LogP) is 0.841. The van der Waals surface area contributed by atoms with E-state index < -0.39 is 23.5 Å². The van der Waals surface area contributed by atoms with Crippen LogP contribution in [0.4, 0.5) is 4.39 Å². The third-order valence-electron chi connectivity index (χ3n) is 2.38. The third-order valence-corrected chi connectivity index (χ3v) is 2.38. The zero-order valence-corrected chi connectivity index (χ0v) is 8.21. The van der Waals surface area contributed by atoms with Gasteiger partial charge in [-0.25, -0.2) is 4.39 Å². The number of methoxy groups -OCH3 is 1. The van der Waals surface area contributed by atoms with Gasteiger partial charge in [-0.3, -0.25) is 9.59 Å². The van der Waals surface area contributed by atoms with Crippen molar-refractivity contribution < 1.29 is 23.5 Å². The van der Waals surface area contributed by atoms with Gasteiger partial charge in [0.1, 0.15) is 6.17 Å². The van der Waals surface area contributed by atoms with Crippen LogP contribution in [0.25, 0.3) is 0 Å². The van der Waals surface area contributed by atoms with E-state index in [1.807, 2.05) is 0 Å². The Morgan fingerprint density at radius 3 is 2.36 bits per heavy atom. The first-order valence-electron chi connectivity index (χ1n) is 4.46. The lowest BCUT2D eigenvalue weighted by molar-refractivity contribution is -0.182. The molecular weight excluding hydrogens is 191 g/mol. The zero-order chi connectivity index (χ0) is 10.8. The van der Waals surface area contributed by atoms with Crippen molar-refractivity contribution in [3.8, 4) is 0 Å². The normalized spacial score (nSPS) is 30.4. The molecule has 0 saturated heterocycles. The van der Waals surface area contributed by atoms with Crippen LogP contribution in [-0.4, -0.2) is 31.8 Å². The van der Waals surface area contributed by atoms with Gasteiger partial charge >= 0.3 is 11.9 Å². The van der Waals surface area contributed by atoms with Crippen LogP contribution in [0.2, 0.25) is 0 Å². The quantitative estimate of drug-likeness (QED) is 0.505. The van der Waals surface area contributed by atoms with Gasteiger partial charge in [-0.1, -0.05) is 0 Å². The molecule has 0 bridgehead atoms. The van der Waals surface area contributed by atoms with Crippen molar-refractivity contribution in [2.24, 2.45) is 5.41 Å². The second-order valence-electron chi connectivity index (χ2n) is 3.30. The fourth-order valence-corrected chi connectivity index (χ4v) is 1.58. The zero-order valence-electron chi connectivity index (χ0n) is 8.21. The second kappa shape index (κ2) is 3.94. The van der Waals surface area contributed by atoms with Crippen LogP contribution in [0.1, 0.15) is 19.8 Å². The highest BCUT2D eigenvalue weighted by molar-refractivity contribution is 6.01. The number of carbonyl (C=O) groups is 2. The van der Waals surface area contributed by atoms with Gasteiger partial charge in [0, 0.05) is 12.8 Å². The van der Waals surface area contributed by atoms with Gasteiger partial charge in [0.25, 0.3) is 0 Å². The van der Waals surface area contributed by atoms with Crippen LogP contribution in [0.15, 0.2) is 0 Å². The number of ether oxygens (including phenoxy) is 2. The molecule has 1 rings (SSSR count). The summed E-state index contributed by atoms with van der Waals surface area (Å²) < 4.78 is 21.9. The summed E-state index contributed by atoms with van der Waals surface area (Å²) in [5.41, 5.74) is -1.38. The Morgan fingerprint density at radius 1 is 1.43 bits per heavy atom. The molecule has 0 atom stereocenters. The van der Waals surface area contributed by atoms with Crippen LogP contribution >= 0.6 is 0 Å². The number of rotatable bonds is 3. The first-order chi connectivity index (χ1) is 6.56. The highest BCUT2D eigenvalue weighted by Crippen LogP contribution is 2.45. The molecule has 1 saturated carbocycles. The lowest BCUT2D eigenvalue weighted by Gasteiger charge is -2.38. The summed E-state index contributed by atoms with van der Waals surface area (Å²) in [5, 5.41) is 0. The Labute approximate surface area is 81.4 Å². The molecule has 4 nitrogen and oxygen atoms in total. The van der Waals surface area contributed by atoms with Crippen LogP contribution in [0.3, 0.4) is 0 Å². The number of hydrogen-bond donors (Lipinski definition) is 0. The Bertz CT molecular complexity index is 245. The number of alkyl halides is 1. The van der Waals surface area contributed by atoms with Crippen LogP contribution < -0.4 is 0 Å². The Kier molecular flexibility index (Phi) is 3.08. The van der Waals surface area contributed by atoms with Crippen LogP contribution in [0.5, 0.6) is 0 Å². The van der Waals surface area contributed by atoms with E-state index in [-0.39, 0.29) is 19.4 Å². The standard InChI is InChI=1S/C9H13FO4/c1-3-14-8(12)9(7(11)13-2)4-6(10)5-9/h6H,3-5H2,1-2H3. The van der Waals surface area contributed by atoms with E-state index in [9.17, 15) is 14.0 Å². The third kappa shape index (κ3) is 1.58. The molecule has 80 valence electrons. The maximum Gasteiger partial charge on any atom is 0.323 e. The Balaban J connectivity index is 2.73. The predicted molar refractivity (Wildman–Crippen MR) is 45.2 cm³/mol. The molecule has 0 spiro atoms. The average Bonchev–Trinajstić information content (AvgIpc) is 2.11. The lowest BCUT2D eigenvalue weighted by atomic mass is 9.67. The molecule has 0 amide bonds. The van der Waals surface area contributed by atoms with E-state index in [0.29, 0.717) is 0 Å². The maximum atomic E-state index is 12.7. The second-order valence-corrected chi connectivity index (χ2v) is 3.30. The van der Waals surface area contributed by atoms with Gasteiger partial charge in [-0.2, -0.15) is 0 Å². The van der Waals surface area contributed by atoms with Crippen molar-refractivity contribution in [3.63, 3.8) is 0 Å². The molecule has 1 aliphatic rings. The number of hydrogen-bond acceptors (Lipinski definition) is 4. The molecular formula is C9H13FO4. The van der Waals surface area contributed by atoms with Gasteiger partial charge in [0.15, 0.2) is 5.41 Å². The van der Waals surface area contributed by atoms with E-state index in [1.54, 1.807) is 6.92 Å². The van der Waals surface area contributed by atoms with E-state index in [0.717, 1.165) is 0 Å². The van der Waals surface area contributed by atoms with Crippen LogP contribution in [0, 0.1) is 5.41 Å². The Hall–Kier alpha value is -1.13. The molecule has 0 N–H and O–H groups in total. The van der Waals surface area contributed by atoms with E-state index >= 15 is 0 Å². The summed E-state index contributed by atoms with van der Waals surface area (Å²) in [6.07, 6.45) is -1.37. The van der Waals surface area contributed by atoms with Crippen molar-refractivity contribution in [2.75, 3.05) is 13.7 Å². The van der Waals surface area contributed by atoms with Crippen molar-refractivity contribution in [3.05, 3.63) is 0 Å². The molecule has 14 heavy (non-hydrogen) atoms. The summed E-state index contributed by atoms with van der Waals surface area (Å²) in [6, 6.07) is 0. The first kappa shape index (κ1) is 10.9. The highest BCUT2D eigenvalue weighted by atomic mass is 19.1. The molecule has 0 aromatic rings. The van der Waals surface area contributed by atoms with Gasteiger partial charge in [0.2, 0.25) is 0 Å². The minimum Gasteiger partial charge on any atom is -0.468 e. The summed E-state index contributed by atoms with van der Waals surface area (Å²) >= 11 is 0. The maximum absolute atomic E-state index is 12.7. The first-order valence-corrected chi connectivity index (χ1v) is 4.46. The molecule has 0 heterocycles. The SMILES string of the molecule is CCOC(=O)C1(C(=O)OC)CC(F)C1. The van der Waals surface area contributed by atoms with Crippen molar-refractivity contribution in [1.29, 1.82) is 0 Å². The molecule has 0 aromatic heterocycles. The van der Waals surface area contributed by atoms with E-state index in [2.05, 4.69) is 4.74 Å². The minimum atomic E-state index is -1.38. The Morgan fingerprint density at radius 2 is 2.00 bits per heavy atom. The summed E-state index contributed by atoms with van der Waals surface area (Å²) in [6.45, 7) is 1.81.